The summed E-state index contributed by atoms with van der Waals surface area (Å²) in [5, 5.41) is 5.70. The molecule has 98 valence electrons. The Labute approximate surface area is 112 Å². The Bertz CT molecular complexity index is 583. The van der Waals surface area contributed by atoms with Crippen LogP contribution in [0.15, 0.2) is 36.4 Å². The summed E-state index contributed by atoms with van der Waals surface area (Å²) in [4.78, 5) is 20.4. The summed E-state index contributed by atoms with van der Waals surface area (Å²) in [6.07, 6.45) is 0. The van der Waals surface area contributed by atoms with Crippen LogP contribution in [0.5, 0.6) is 0 Å². The second-order valence-electron chi connectivity index (χ2n) is 4.11. The van der Waals surface area contributed by atoms with Crippen LogP contribution in [0.1, 0.15) is 21.9 Å². The minimum Gasteiger partial charge on any atom is -0.373 e. The van der Waals surface area contributed by atoms with Crippen LogP contribution in [0.4, 0.5) is 5.82 Å². The molecule has 0 fully saturated rings. The van der Waals surface area contributed by atoms with E-state index in [0.717, 1.165) is 11.4 Å². The van der Waals surface area contributed by atoms with Gasteiger partial charge in [-0.05, 0) is 31.2 Å². The van der Waals surface area contributed by atoms with Crippen molar-refractivity contribution in [3.8, 4) is 0 Å². The number of carbonyl (C=O) groups is 1. The first-order valence-corrected chi connectivity index (χ1v) is 6.04. The van der Waals surface area contributed by atoms with E-state index >= 15 is 0 Å². The highest BCUT2D eigenvalue weighted by Crippen LogP contribution is 2.04. The Morgan fingerprint density at radius 2 is 1.95 bits per heavy atom. The Morgan fingerprint density at radius 1 is 1.16 bits per heavy atom. The summed E-state index contributed by atoms with van der Waals surface area (Å²) in [6, 6.07) is 11.0. The lowest BCUT2D eigenvalue weighted by Gasteiger charge is -2.06. The standard InChI is InChI=1S/C14H16N4O/c1-10-5-3-6-11(17-10)9-16-14(19)12-7-4-8-13(15-2)18-12/h3-8H,9H2,1-2H3,(H,15,18)(H,16,19). The fourth-order valence-corrected chi connectivity index (χ4v) is 1.66. The highest BCUT2D eigenvalue weighted by Gasteiger charge is 2.07. The van der Waals surface area contributed by atoms with Gasteiger partial charge in [0.1, 0.15) is 11.5 Å². The number of nitrogens with one attached hydrogen (secondary N) is 2. The largest absolute Gasteiger partial charge is 0.373 e. The molecule has 0 unspecified atom stereocenters. The first-order valence-electron chi connectivity index (χ1n) is 6.04. The number of rotatable bonds is 4. The second-order valence-corrected chi connectivity index (χ2v) is 4.11. The van der Waals surface area contributed by atoms with E-state index in [4.69, 9.17) is 0 Å². The topological polar surface area (TPSA) is 66.9 Å². The van der Waals surface area contributed by atoms with Gasteiger partial charge in [0.05, 0.1) is 12.2 Å². The van der Waals surface area contributed by atoms with Crippen LogP contribution in [0.3, 0.4) is 0 Å². The van der Waals surface area contributed by atoms with Crippen LogP contribution in [0.2, 0.25) is 0 Å². The Balaban J connectivity index is 2.01. The Kier molecular flexibility index (Phi) is 4.07. The van der Waals surface area contributed by atoms with Crippen molar-refractivity contribution < 1.29 is 4.79 Å². The van der Waals surface area contributed by atoms with Crippen molar-refractivity contribution in [2.24, 2.45) is 0 Å². The third kappa shape index (κ3) is 3.51. The van der Waals surface area contributed by atoms with E-state index in [9.17, 15) is 4.79 Å². The first kappa shape index (κ1) is 13.0. The SMILES string of the molecule is CNc1cccc(C(=O)NCc2cccc(C)n2)n1. The normalized spacial score (nSPS) is 10.0. The molecule has 0 spiro atoms. The van der Waals surface area contributed by atoms with Gasteiger partial charge in [0, 0.05) is 12.7 Å². The number of carbonyl (C=O) groups excluding carboxylic acids is 1. The van der Waals surface area contributed by atoms with Gasteiger partial charge in [-0.25, -0.2) is 4.98 Å². The molecule has 2 heterocycles. The van der Waals surface area contributed by atoms with Gasteiger partial charge in [-0.3, -0.25) is 9.78 Å². The van der Waals surface area contributed by atoms with Crippen molar-refractivity contribution >= 4 is 11.7 Å². The van der Waals surface area contributed by atoms with Gasteiger partial charge in [0.15, 0.2) is 0 Å². The molecule has 5 heteroatoms. The number of anilines is 1. The number of nitrogens with zero attached hydrogens (tertiary/aromatic N) is 2. The maximum absolute atomic E-state index is 11.9. The Morgan fingerprint density at radius 3 is 2.68 bits per heavy atom. The van der Waals surface area contributed by atoms with Crippen molar-refractivity contribution in [1.82, 2.24) is 15.3 Å². The van der Waals surface area contributed by atoms with Crippen molar-refractivity contribution in [2.75, 3.05) is 12.4 Å². The molecule has 2 rings (SSSR count). The van der Waals surface area contributed by atoms with E-state index < -0.39 is 0 Å². The smallest absolute Gasteiger partial charge is 0.270 e. The summed E-state index contributed by atoms with van der Waals surface area (Å²) in [5.41, 5.74) is 2.15. The minimum absolute atomic E-state index is 0.208. The molecular weight excluding hydrogens is 240 g/mol. The van der Waals surface area contributed by atoms with E-state index in [1.54, 1.807) is 25.2 Å². The molecule has 0 aliphatic heterocycles. The molecule has 0 atom stereocenters. The van der Waals surface area contributed by atoms with Gasteiger partial charge in [0.25, 0.3) is 5.91 Å². The average molecular weight is 256 g/mol. The van der Waals surface area contributed by atoms with Crippen LogP contribution in [0.25, 0.3) is 0 Å². The van der Waals surface area contributed by atoms with Gasteiger partial charge >= 0.3 is 0 Å². The van der Waals surface area contributed by atoms with Crippen LogP contribution in [-0.2, 0) is 6.54 Å². The zero-order valence-electron chi connectivity index (χ0n) is 11.0. The number of aryl methyl sites for hydroxylation is 1. The van der Waals surface area contributed by atoms with Crippen molar-refractivity contribution in [1.29, 1.82) is 0 Å². The molecule has 1 amide bonds. The van der Waals surface area contributed by atoms with E-state index in [1.807, 2.05) is 25.1 Å². The molecule has 0 aliphatic rings. The van der Waals surface area contributed by atoms with Crippen LogP contribution >= 0.6 is 0 Å². The third-order valence-electron chi connectivity index (χ3n) is 2.61. The van der Waals surface area contributed by atoms with Crippen molar-refractivity contribution in [3.63, 3.8) is 0 Å². The quantitative estimate of drug-likeness (QED) is 0.874. The number of hydrogen-bond acceptors (Lipinski definition) is 4. The maximum Gasteiger partial charge on any atom is 0.270 e. The van der Waals surface area contributed by atoms with Crippen molar-refractivity contribution in [3.05, 3.63) is 53.5 Å². The van der Waals surface area contributed by atoms with Gasteiger partial charge < -0.3 is 10.6 Å². The van der Waals surface area contributed by atoms with E-state index in [0.29, 0.717) is 18.1 Å². The zero-order valence-corrected chi connectivity index (χ0v) is 11.0. The number of hydrogen-bond donors (Lipinski definition) is 2. The second kappa shape index (κ2) is 5.95. The highest BCUT2D eigenvalue weighted by atomic mass is 16.1. The molecule has 2 aromatic heterocycles. The average Bonchev–Trinajstić information content (AvgIpc) is 2.45. The van der Waals surface area contributed by atoms with Gasteiger partial charge in [-0.2, -0.15) is 0 Å². The highest BCUT2D eigenvalue weighted by molar-refractivity contribution is 5.92. The number of pyridine rings is 2. The molecule has 0 saturated heterocycles. The van der Waals surface area contributed by atoms with Crippen LogP contribution < -0.4 is 10.6 Å². The summed E-state index contributed by atoms with van der Waals surface area (Å²) in [5.74, 6) is 0.460. The van der Waals surface area contributed by atoms with E-state index in [1.165, 1.54) is 0 Å². The first-order chi connectivity index (χ1) is 9.19. The predicted octanol–water partition coefficient (Wildman–Crippen LogP) is 1.76. The summed E-state index contributed by atoms with van der Waals surface area (Å²) in [7, 11) is 1.76. The lowest BCUT2D eigenvalue weighted by Crippen LogP contribution is -2.24. The molecule has 0 saturated carbocycles. The fourth-order valence-electron chi connectivity index (χ4n) is 1.66. The molecule has 2 N–H and O–H groups in total. The summed E-state index contributed by atoms with van der Waals surface area (Å²) < 4.78 is 0. The van der Waals surface area contributed by atoms with E-state index in [-0.39, 0.29) is 5.91 Å². The van der Waals surface area contributed by atoms with Gasteiger partial charge in [0.2, 0.25) is 0 Å². The van der Waals surface area contributed by atoms with Gasteiger partial charge in [-0.1, -0.05) is 12.1 Å². The minimum atomic E-state index is -0.208. The molecule has 2 aromatic rings. The monoisotopic (exact) mass is 256 g/mol. The van der Waals surface area contributed by atoms with Gasteiger partial charge in [-0.15, -0.1) is 0 Å². The van der Waals surface area contributed by atoms with E-state index in [2.05, 4.69) is 20.6 Å². The molecule has 5 nitrogen and oxygen atoms in total. The molecule has 19 heavy (non-hydrogen) atoms. The summed E-state index contributed by atoms with van der Waals surface area (Å²) >= 11 is 0. The number of aromatic nitrogens is 2. The molecule has 0 aliphatic carbocycles. The predicted molar refractivity (Wildman–Crippen MR) is 73.9 cm³/mol. The summed E-state index contributed by atoms with van der Waals surface area (Å²) in [6.45, 7) is 2.31. The maximum atomic E-state index is 11.9. The molecule has 0 aromatic carbocycles. The zero-order chi connectivity index (χ0) is 13.7. The lowest BCUT2D eigenvalue weighted by molar-refractivity contribution is 0.0945. The Hall–Kier alpha value is -2.43. The van der Waals surface area contributed by atoms with Crippen LogP contribution in [0, 0.1) is 6.92 Å². The van der Waals surface area contributed by atoms with Crippen LogP contribution in [-0.4, -0.2) is 22.9 Å². The molecule has 0 bridgehead atoms. The third-order valence-corrected chi connectivity index (χ3v) is 2.61. The fraction of sp³-hybridized carbons (Fsp3) is 0.214. The number of amides is 1. The molecule has 0 radical (unpaired) electrons. The molecular formula is C14H16N4O. The lowest BCUT2D eigenvalue weighted by atomic mass is 10.3. The van der Waals surface area contributed by atoms with Crippen molar-refractivity contribution in [2.45, 2.75) is 13.5 Å².